The fourth-order valence-electron chi connectivity index (χ4n) is 2.86. The van der Waals surface area contributed by atoms with E-state index in [2.05, 4.69) is 16.0 Å². The van der Waals surface area contributed by atoms with Gasteiger partial charge in [0.25, 0.3) is 17.7 Å². The van der Waals surface area contributed by atoms with E-state index in [1.54, 1.807) is 48.5 Å². The molecule has 140 valence electrons. The highest BCUT2D eigenvalue weighted by molar-refractivity contribution is 6.09. The van der Waals surface area contributed by atoms with Gasteiger partial charge < -0.3 is 20.7 Å². The predicted octanol–water partition coefficient (Wildman–Crippen LogP) is 2.42. The monoisotopic (exact) mass is 367 g/mol. The number of amides is 3. The molecule has 1 aliphatic heterocycles. The van der Waals surface area contributed by atoms with Crippen molar-refractivity contribution in [3.63, 3.8) is 0 Å². The van der Waals surface area contributed by atoms with Gasteiger partial charge in [0.2, 0.25) is 0 Å². The fraction of sp³-hybridized carbons (Fsp3) is 0.250. The van der Waals surface area contributed by atoms with Crippen LogP contribution in [-0.4, -0.2) is 37.5 Å². The van der Waals surface area contributed by atoms with Gasteiger partial charge in [-0.05, 0) is 43.2 Å². The third-order valence-corrected chi connectivity index (χ3v) is 4.26. The van der Waals surface area contributed by atoms with Crippen molar-refractivity contribution in [3.8, 4) is 0 Å². The molecule has 3 rings (SSSR count). The molecule has 2 aromatic rings. The molecule has 7 nitrogen and oxygen atoms in total. The molecule has 0 radical (unpaired) electrons. The molecule has 0 aliphatic carbocycles. The summed E-state index contributed by atoms with van der Waals surface area (Å²) in [7, 11) is 1.53. The smallest absolute Gasteiger partial charge is 0.255 e. The lowest BCUT2D eigenvalue weighted by atomic mass is 10.1. The summed E-state index contributed by atoms with van der Waals surface area (Å²) in [6, 6.07) is 13.4. The molecule has 1 fully saturated rings. The van der Waals surface area contributed by atoms with Crippen LogP contribution in [0.3, 0.4) is 0 Å². The predicted molar refractivity (Wildman–Crippen MR) is 102 cm³/mol. The highest BCUT2D eigenvalue weighted by Gasteiger charge is 2.23. The van der Waals surface area contributed by atoms with Gasteiger partial charge >= 0.3 is 0 Å². The number of ether oxygens (including phenoxy) is 1. The zero-order valence-corrected chi connectivity index (χ0v) is 15.0. The molecule has 0 saturated carbocycles. The molecule has 7 heteroatoms. The SMILES string of the molecule is CNC(=O)c1ccccc1NC(=O)c1cccc(NC(=O)C2CCCO2)c1. The van der Waals surface area contributed by atoms with Crippen molar-refractivity contribution in [2.75, 3.05) is 24.3 Å². The Balaban J connectivity index is 1.72. The number of hydrogen-bond donors (Lipinski definition) is 3. The Labute approximate surface area is 157 Å². The molecule has 0 bridgehead atoms. The van der Waals surface area contributed by atoms with E-state index < -0.39 is 6.10 Å². The minimum atomic E-state index is -0.443. The average molecular weight is 367 g/mol. The number of carbonyl (C=O) groups is 3. The molecule has 1 atom stereocenters. The maximum absolute atomic E-state index is 12.6. The number of anilines is 2. The van der Waals surface area contributed by atoms with E-state index in [-0.39, 0.29) is 17.7 Å². The molecule has 0 aromatic heterocycles. The van der Waals surface area contributed by atoms with Crippen molar-refractivity contribution in [3.05, 3.63) is 59.7 Å². The molecule has 1 aliphatic rings. The van der Waals surface area contributed by atoms with Crippen LogP contribution in [0.4, 0.5) is 11.4 Å². The molecule has 1 saturated heterocycles. The van der Waals surface area contributed by atoms with Crippen LogP contribution in [0.25, 0.3) is 0 Å². The van der Waals surface area contributed by atoms with Crippen LogP contribution in [0.15, 0.2) is 48.5 Å². The minimum Gasteiger partial charge on any atom is -0.368 e. The van der Waals surface area contributed by atoms with Crippen molar-refractivity contribution in [1.29, 1.82) is 0 Å². The van der Waals surface area contributed by atoms with Gasteiger partial charge in [-0.15, -0.1) is 0 Å². The minimum absolute atomic E-state index is 0.213. The van der Waals surface area contributed by atoms with Crippen LogP contribution in [0, 0.1) is 0 Å². The Morgan fingerprint density at radius 3 is 2.56 bits per heavy atom. The van der Waals surface area contributed by atoms with Crippen LogP contribution in [0.5, 0.6) is 0 Å². The summed E-state index contributed by atoms with van der Waals surface area (Å²) in [6.07, 6.45) is 1.12. The lowest BCUT2D eigenvalue weighted by Gasteiger charge is -2.12. The Hall–Kier alpha value is -3.19. The summed E-state index contributed by atoms with van der Waals surface area (Å²) >= 11 is 0. The second kappa shape index (κ2) is 8.46. The average Bonchev–Trinajstić information content (AvgIpc) is 3.23. The summed E-state index contributed by atoms with van der Waals surface area (Å²) < 4.78 is 5.36. The maximum Gasteiger partial charge on any atom is 0.255 e. The Kier molecular flexibility index (Phi) is 5.83. The first-order chi connectivity index (χ1) is 13.1. The van der Waals surface area contributed by atoms with Crippen LogP contribution in [0.1, 0.15) is 33.6 Å². The molecule has 27 heavy (non-hydrogen) atoms. The molecule has 3 amide bonds. The summed E-state index contributed by atoms with van der Waals surface area (Å²) in [6.45, 7) is 0.589. The summed E-state index contributed by atoms with van der Waals surface area (Å²) in [5.74, 6) is -0.877. The molecular weight excluding hydrogens is 346 g/mol. The largest absolute Gasteiger partial charge is 0.368 e. The van der Waals surface area contributed by atoms with Crippen LogP contribution >= 0.6 is 0 Å². The van der Waals surface area contributed by atoms with Gasteiger partial charge in [0, 0.05) is 24.9 Å². The zero-order chi connectivity index (χ0) is 19.2. The van der Waals surface area contributed by atoms with E-state index in [0.29, 0.717) is 35.5 Å². The quantitative estimate of drug-likeness (QED) is 0.756. The lowest BCUT2D eigenvalue weighted by Crippen LogP contribution is -2.27. The molecule has 3 N–H and O–H groups in total. The Morgan fingerprint density at radius 1 is 1.00 bits per heavy atom. The summed E-state index contributed by atoms with van der Waals surface area (Å²) in [5.41, 5.74) is 1.67. The standard InChI is InChI=1S/C20H21N3O4/c1-21-19(25)15-8-2-3-9-16(15)23-18(24)13-6-4-7-14(12-13)22-20(26)17-10-5-11-27-17/h2-4,6-9,12,17H,5,10-11H2,1H3,(H,21,25)(H,22,26)(H,23,24). The highest BCUT2D eigenvalue weighted by atomic mass is 16.5. The number of carbonyl (C=O) groups excluding carboxylic acids is 3. The third-order valence-electron chi connectivity index (χ3n) is 4.26. The van der Waals surface area contributed by atoms with Crippen molar-refractivity contribution in [2.45, 2.75) is 18.9 Å². The molecule has 0 spiro atoms. The van der Waals surface area contributed by atoms with Crippen molar-refractivity contribution in [2.24, 2.45) is 0 Å². The second-order valence-corrected chi connectivity index (χ2v) is 6.15. The number of benzene rings is 2. The van der Waals surface area contributed by atoms with Crippen LogP contribution in [0.2, 0.25) is 0 Å². The highest BCUT2D eigenvalue weighted by Crippen LogP contribution is 2.19. The van der Waals surface area contributed by atoms with E-state index in [0.717, 1.165) is 6.42 Å². The van der Waals surface area contributed by atoms with E-state index in [1.165, 1.54) is 7.05 Å². The number of para-hydroxylation sites is 1. The number of nitrogens with one attached hydrogen (secondary N) is 3. The fourth-order valence-corrected chi connectivity index (χ4v) is 2.86. The number of hydrogen-bond acceptors (Lipinski definition) is 4. The summed E-state index contributed by atoms with van der Waals surface area (Å²) in [5, 5.41) is 8.06. The number of rotatable bonds is 5. The summed E-state index contributed by atoms with van der Waals surface area (Å²) in [4.78, 5) is 36.7. The normalized spacial score (nSPS) is 15.8. The van der Waals surface area contributed by atoms with Gasteiger partial charge in [-0.3, -0.25) is 14.4 Å². The van der Waals surface area contributed by atoms with E-state index in [4.69, 9.17) is 4.74 Å². The van der Waals surface area contributed by atoms with Crippen molar-refractivity contribution >= 4 is 29.1 Å². The lowest BCUT2D eigenvalue weighted by molar-refractivity contribution is -0.124. The molecular formula is C20H21N3O4. The van der Waals surface area contributed by atoms with Gasteiger partial charge in [-0.1, -0.05) is 18.2 Å². The first-order valence-electron chi connectivity index (χ1n) is 8.73. The van der Waals surface area contributed by atoms with E-state index in [9.17, 15) is 14.4 Å². The van der Waals surface area contributed by atoms with Crippen LogP contribution in [-0.2, 0) is 9.53 Å². The molecule has 1 heterocycles. The Bertz CT molecular complexity index is 860. The van der Waals surface area contributed by atoms with Gasteiger partial charge in [0.15, 0.2) is 0 Å². The first-order valence-corrected chi connectivity index (χ1v) is 8.73. The molecule has 2 aromatic carbocycles. The maximum atomic E-state index is 12.6. The Morgan fingerprint density at radius 2 is 1.81 bits per heavy atom. The second-order valence-electron chi connectivity index (χ2n) is 6.15. The van der Waals surface area contributed by atoms with Gasteiger partial charge in [0.1, 0.15) is 6.10 Å². The van der Waals surface area contributed by atoms with E-state index in [1.807, 2.05) is 0 Å². The first kappa shape index (κ1) is 18.6. The van der Waals surface area contributed by atoms with Gasteiger partial charge in [0.05, 0.1) is 11.3 Å². The van der Waals surface area contributed by atoms with Crippen molar-refractivity contribution < 1.29 is 19.1 Å². The van der Waals surface area contributed by atoms with E-state index >= 15 is 0 Å². The van der Waals surface area contributed by atoms with Gasteiger partial charge in [-0.25, -0.2) is 0 Å². The molecule has 1 unspecified atom stereocenters. The topological polar surface area (TPSA) is 96.5 Å². The van der Waals surface area contributed by atoms with Crippen LogP contribution < -0.4 is 16.0 Å². The van der Waals surface area contributed by atoms with Crippen molar-refractivity contribution in [1.82, 2.24) is 5.32 Å². The van der Waals surface area contributed by atoms with Gasteiger partial charge in [-0.2, -0.15) is 0 Å². The zero-order valence-electron chi connectivity index (χ0n) is 15.0. The third kappa shape index (κ3) is 4.51.